The summed E-state index contributed by atoms with van der Waals surface area (Å²) < 4.78 is 4.89. The predicted molar refractivity (Wildman–Crippen MR) is 109 cm³/mol. The number of nitrogens with two attached hydrogens (primary N) is 1. The fourth-order valence-corrected chi connectivity index (χ4v) is 3.73. The van der Waals surface area contributed by atoms with Crippen LogP contribution in [-0.4, -0.2) is 54.0 Å². The van der Waals surface area contributed by atoms with Crippen molar-refractivity contribution in [3.63, 3.8) is 0 Å². The second-order valence-electron chi connectivity index (χ2n) is 7.43. The first-order chi connectivity index (χ1) is 14.0. The lowest BCUT2D eigenvalue weighted by Gasteiger charge is -2.37. The molecule has 2 aliphatic heterocycles. The number of ether oxygens (including phenoxy) is 1. The highest BCUT2D eigenvalue weighted by Gasteiger charge is 2.43. The van der Waals surface area contributed by atoms with Crippen LogP contribution in [0.3, 0.4) is 0 Å². The number of esters is 1. The maximum atomic E-state index is 12.4. The van der Waals surface area contributed by atoms with Gasteiger partial charge >= 0.3 is 5.97 Å². The van der Waals surface area contributed by atoms with E-state index < -0.39 is 0 Å². The lowest BCUT2D eigenvalue weighted by molar-refractivity contribution is -0.143. The van der Waals surface area contributed by atoms with E-state index in [-0.39, 0.29) is 23.9 Å². The van der Waals surface area contributed by atoms with Crippen molar-refractivity contribution in [2.45, 2.75) is 51.0 Å². The number of carbonyl (C=O) groups excluding carboxylic acids is 2. The molecule has 1 spiro atoms. The normalized spacial score (nSPS) is 18.0. The molecule has 29 heavy (non-hydrogen) atoms. The highest BCUT2D eigenvalue weighted by atomic mass is 16.7. The number of hydrazone groups is 1. The number of likely N-dealkylation sites (tertiary alicyclic amines) is 1. The van der Waals surface area contributed by atoms with Crippen LogP contribution < -0.4 is 5.84 Å². The van der Waals surface area contributed by atoms with Gasteiger partial charge < -0.3 is 20.3 Å². The quantitative estimate of drug-likeness (QED) is 0.327. The van der Waals surface area contributed by atoms with Crippen molar-refractivity contribution < 1.29 is 19.2 Å². The third kappa shape index (κ3) is 5.34. The molecular formula is C21H28N4O4. The Morgan fingerprint density at radius 2 is 2.00 bits per heavy atom. The second kappa shape index (κ2) is 9.54. The van der Waals surface area contributed by atoms with Gasteiger partial charge in [-0.1, -0.05) is 29.4 Å². The number of hydrogen-bond acceptors (Lipinski definition) is 7. The molecule has 3 rings (SSSR count). The number of oxime groups is 1. The van der Waals surface area contributed by atoms with E-state index in [9.17, 15) is 9.59 Å². The Kier molecular flexibility index (Phi) is 6.85. The van der Waals surface area contributed by atoms with Crippen LogP contribution in [0, 0.1) is 0 Å². The maximum Gasteiger partial charge on any atom is 0.305 e. The van der Waals surface area contributed by atoms with E-state index in [1.54, 1.807) is 13.1 Å². The van der Waals surface area contributed by atoms with E-state index in [2.05, 4.69) is 10.3 Å². The molecule has 2 N–H and O–H groups in total. The summed E-state index contributed by atoms with van der Waals surface area (Å²) in [7, 11) is 0. The Hall–Kier alpha value is -2.90. The van der Waals surface area contributed by atoms with Gasteiger partial charge in [0.25, 0.3) is 0 Å². The molecule has 0 radical (unpaired) electrons. The lowest BCUT2D eigenvalue weighted by Crippen LogP contribution is -2.46. The molecule has 2 aliphatic rings. The monoisotopic (exact) mass is 400 g/mol. The Morgan fingerprint density at radius 3 is 2.66 bits per heavy atom. The average Bonchev–Trinajstić information content (AvgIpc) is 3.13. The molecular weight excluding hydrogens is 372 g/mol. The van der Waals surface area contributed by atoms with Gasteiger partial charge in [0.05, 0.1) is 18.5 Å². The summed E-state index contributed by atoms with van der Waals surface area (Å²) in [5.41, 5.74) is 2.55. The summed E-state index contributed by atoms with van der Waals surface area (Å²) in [5, 5.41) is 7.84. The highest BCUT2D eigenvalue weighted by Crippen LogP contribution is 2.36. The van der Waals surface area contributed by atoms with Crippen LogP contribution in [0.1, 0.15) is 56.6 Å². The molecule has 1 saturated heterocycles. The van der Waals surface area contributed by atoms with Crippen molar-refractivity contribution >= 4 is 23.8 Å². The third-order valence-electron chi connectivity index (χ3n) is 5.41. The van der Waals surface area contributed by atoms with Crippen LogP contribution in [0.5, 0.6) is 0 Å². The first kappa shape index (κ1) is 20.8. The number of nitrogens with zero attached hydrogens (tertiary/aromatic N) is 3. The van der Waals surface area contributed by atoms with Crippen LogP contribution >= 0.6 is 0 Å². The molecule has 1 amide bonds. The Bertz CT molecular complexity index is 780. The van der Waals surface area contributed by atoms with Gasteiger partial charge in [-0.2, -0.15) is 5.10 Å². The van der Waals surface area contributed by atoms with E-state index >= 15 is 0 Å². The van der Waals surface area contributed by atoms with Gasteiger partial charge in [-0.3, -0.25) is 9.59 Å². The fourth-order valence-electron chi connectivity index (χ4n) is 3.73. The van der Waals surface area contributed by atoms with Gasteiger partial charge in [0, 0.05) is 45.2 Å². The van der Waals surface area contributed by atoms with Gasteiger partial charge in [-0.05, 0) is 24.5 Å². The number of benzene rings is 1. The first-order valence-electron chi connectivity index (χ1n) is 10.1. The average molecular weight is 400 g/mol. The van der Waals surface area contributed by atoms with Crippen LogP contribution in [-0.2, 0) is 19.2 Å². The van der Waals surface area contributed by atoms with Gasteiger partial charge in [0.2, 0.25) is 5.91 Å². The van der Waals surface area contributed by atoms with Crippen LogP contribution in [0.2, 0.25) is 0 Å². The predicted octanol–water partition coefficient (Wildman–Crippen LogP) is 2.20. The molecule has 1 fully saturated rings. The third-order valence-corrected chi connectivity index (χ3v) is 5.41. The molecule has 0 unspecified atom stereocenters. The van der Waals surface area contributed by atoms with Gasteiger partial charge in [-0.25, -0.2) is 0 Å². The largest absolute Gasteiger partial charge is 0.466 e. The molecule has 8 heteroatoms. The molecule has 1 aromatic carbocycles. The summed E-state index contributed by atoms with van der Waals surface area (Å²) in [6, 6.07) is 7.86. The minimum absolute atomic E-state index is 0.0837. The number of rotatable bonds is 7. The highest BCUT2D eigenvalue weighted by molar-refractivity contribution is 6.02. The summed E-state index contributed by atoms with van der Waals surface area (Å²) in [4.78, 5) is 31.5. The Balaban J connectivity index is 1.46. The van der Waals surface area contributed by atoms with Crippen molar-refractivity contribution in [2.75, 3.05) is 19.7 Å². The fraction of sp³-hybridized carbons (Fsp3) is 0.524. The number of carbonyl (C=O) groups is 2. The second-order valence-corrected chi connectivity index (χ2v) is 7.43. The maximum absolute atomic E-state index is 12.4. The zero-order valence-corrected chi connectivity index (χ0v) is 16.8. The summed E-state index contributed by atoms with van der Waals surface area (Å²) >= 11 is 0. The van der Waals surface area contributed by atoms with Crippen molar-refractivity contribution in [1.29, 1.82) is 0 Å². The van der Waals surface area contributed by atoms with Crippen LogP contribution in [0.15, 0.2) is 34.5 Å². The molecule has 2 heterocycles. The van der Waals surface area contributed by atoms with Gasteiger partial charge in [0.15, 0.2) is 0 Å². The summed E-state index contributed by atoms with van der Waals surface area (Å²) in [6.45, 7) is 3.44. The summed E-state index contributed by atoms with van der Waals surface area (Å²) in [5.74, 6) is 5.01. The zero-order chi connectivity index (χ0) is 20.7. The summed E-state index contributed by atoms with van der Waals surface area (Å²) in [6.07, 6.45) is 5.01. The first-order valence-corrected chi connectivity index (χ1v) is 10.1. The minimum Gasteiger partial charge on any atom is -0.466 e. The number of piperidine rings is 1. The SMILES string of the molecule is CCOC(=O)CCCC(=O)N1CCC2(CC1)CC(c1ccc(C=NN)cc1)=NO2. The molecule has 156 valence electrons. The molecule has 0 aromatic heterocycles. The molecule has 0 aliphatic carbocycles. The van der Waals surface area contributed by atoms with Gasteiger partial charge in [0.1, 0.15) is 5.60 Å². The standard InChI is InChI=1S/C21H28N4O4/c1-2-28-20(27)5-3-4-19(26)25-12-10-21(11-13-25)14-18(24-29-21)17-8-6-16(7-9-17)15-23-22/h6-9,15H,2-5,10-14,22H2,1H3. The van der Waals surface area contributed by atoms with Gasteiger partial charge in [-0.15, -0.1) is 0 Å². The van der Waals surface area contributed by atoms with E-state index in [1.807, 2.05) is 29.2 Å². The van der Waals surface area contributed by atoms with E-state index in [0.29, 0.717) is 32.5 Å². The van der Waals surface area contributed by atoms with E-state index in [1.165, 1.54) is 0 Å². The molecule has 0 atom stereocenters. The van der Waals surface area contributed by atoms with Crippen molar-refractivity contribution in [2.24, 2.45) is 16.1 Å². The van der Waals surface area contributed by atoms with Crippen molar-refractivity contribution in [1.82, 2.24) is 4.90 Å². The molecule has 1 aromatic rings. The molecule has 0 saturated carbocycles. The lowest BCUT2D eigenvalue weighted by atomic mass is 9.85. The molecule has 8 nitrogen and oxygen atoms in total. The van der Waals surface area contributed by atoms with Crippen LogP contribution in [0.4, 0.5) is 0 Å². The number of hydrogen-bond donors (Lipinski definition) is 1. The zero-order valence-electron chi connectivity index (χ0n) is 16.8. The van der Waals surface area contributed by atoms with E-state index in [0.717, 1.165) is 36.1 Å². The van der Waals surface area contributed by atoms with Crippen molar-refractivity contribution in [3.8, 4) is 0 Å². The molecule has 0 bridgehead atoms. The Morgan fingerprint density at radius 1 is 1.28 bits per heavy atom. The minimum atomic E-state index is -0.325. The topological polar surface area (TPSA) is 107 Å². The smallest absolute Gasteiger partial charge is 0.305 e. The number of amides is 1. The van der Waals surface area contributed by atoms with Crippen LogP contribution in [0.25, 0.3) is 0 Å². The Labute approximate surface area is 170 Å². The van der Waals surface area contributed by atoms with E-state index in [4.69, 9.17) is 15.4 Å². The van der Waals surface area contributed by atoms with Crippen molar-refractivity contribution in [3.05, 3.63) is 35.4 Å².